The highest BCUT2D eigenvalue weighted by molar-refractivity contribution is 5.35. The van der Waals surface area contributed by atoms with E-state index >= 15 is 0 Å². The van der Waals surface area contributed by atoms with Gasteiger partial charge in [0.2, 0.25) is 0 Å². The minimum atomic E-state index is -6.94. The highest BCUT2D eigenvalue weighted by Crippen LogP contribution is 2.55. The molecule has 0 aromatic heterocycles. The number of hydrogen-bond donors (Lipinski definition) is 0. The van der Waals surface area contributed by atoms with E-state index in [1.54, 1.807) is 13.8 Å². The molecule has 1 atom stereocenters. The van der Waals surface area contributed by atoms with Crippen molar-refractivity contribution in [3.05, 3.63) is 29.8 Å². The highest BCUT2D eigenvalue weighted by atomic mass is 19.4. The van der Waals surface area contributed by atoms with Gasteiger partial charge in [-0.3, -0.25) is 0 Å². The van der Waals surface area contributed by atoms with Gasteiger partial charge in [0.1, 0.15) is 5.75 Å². The van der Waals surface area contributed by atoms with Gasteiger partial charge < -0.3 is 9.47 Å². The van der Waals surface area contributed by atoms with Gasteiger partial charge in [-0.05, 0) is 12.0 Å². The van der Waals surface area contributed by atoms with E-state index in [2.05, 4.69) is 0 Å². The third-order valence-electron chi connectivity index (χ3n) is 3.77. The monoisotopic (exact) mass is 426 g/mol. The number of ether oxygens (including phenoxy) is 2. The summed E-state index contributed by atoms with van der Waals surface area (Å²) in [6.07, 6.45) is -10.9. The maximum absolute atomic E-state index is 13.9. The molecule has 0 N–H and O–H groups in total. The lowest BCUT2D eigenvalue weighted by molar-refractivity contribution is -0.398. The van der Waals surface area contributed by atoms with Crippen molar-refractivity contribution >= 4 is 0 Å². The van der Waals surface area contributed by atoms with Crippen LogP contribution in [0.1, 0.15) is 31.9 Å². The van der Waals surface area contributed by atoms with Crippen molar-refractivity contribution in [2.75, 3.05) is 13.7 Å². The molecule has 1 rings (SSSR count). The van der Waals surface area contributed by atoms with Gasteiger partial charge >= 0.3 is 23.9 Å². The number of hydrogen-bond acceptors (Lipinski definition) is 2. The van der Waals surface area contributed by atoms with Crippen molar-refractivity contribution < 1.29 is 49.0 Å². The van der Waals surface area contributed by atoms with Crippen molar-refractivity contribution in [2.45, 2.75) is 50.3 Å². The lowest BCUT2D eigenvalue weighted by atomic mass is 9.94. The molecule has 1 unspecified atom stereocenters. The topological polar surface area (TPSA) is 18.5 Å². The highest BCUT2D eigenvalue weighted by Gasteiger charge is 2.81. The molecule has 1 aromatic rings. The van der Waals surface area contributed by atoms with Crippen molar-refractivity contribution in [1.29, 1.82) is 0 Å². The fourth-order valence-corrected chi connectivity index (χ4v) is 2.22. The molecule has 0 fully saturated rings. The summed E-state index contributed by atoms with van der Waals surface area (Å²) < 4.78 is 128. The van der Waals surface area contributed by atoms with E-state index < -0.39 is 36.5 Å². The van der Waals surface area contributed by atoms with Crippen LogP contribution in [0, 0.1) is 5.92 Å². The van der Waals surface area contributed by atoms with E-state index in [0.29, 0.717) is 0 Å². The molecule has 0 saturated heterocycles. The number of benzene rings is 1. The van der Waals surface area contributed by atoms with Crippen LogP contribution in [-0.2, 0) is 4.74 Å². The Morgan fingerprint density at radius 3 is 1.86 bits per heavy atom. The van der Waals surface area contributed by atoms with Crippen LogP contribution in [0.5, 0.6) is 5.75 Å². The first-order chi connectivity index (χ1) is 12.6. The van der Waals surface area contributed by atoms with Crippen LogP contribution in [0.2, 0.25) is 0 Å². The van der Waals surface area contributed by atoms with Gasteiger partial charge in [0.25, 0.3) is 0 Å². The van der Waals surface area contributed by atoms with Gasteiger partial charge in [-0.25, -0.2) is 0 Å². The first kappa shape index (κ1) is 24.4. The summed E-state index contributed by atoms with van der Waals surface area (Å²) in [5.74, 6) is -19.4. The van der Waals surface area contributed by atoms with E-state index in [0.717, 1.165) is 7.11 Å². The van der Waals surface area contributed by atoms with E-state index in [-0.39, 0.29) is 23.8 Å². The van der Waals surface area contributed by atoms with Crippen LogP contribution in [0.15, 0.2) is 24.3 Å². The molecule has 0 heterocycles. The number of methoxy groups -OCH3 is 1. The maximum Gasteiger partial charge on any atom is 0.460 e. The van der Waals surface area contributed by atoms with Crippen molar-refractivity contribution in [1.82, 2.24) is 0 Å². The second-order valence-electron chi connectivity index (χ2n) is 6.52. The summed E-state index contributed by atoms with van der Waals surface area (Å²) in [6.45, 7) is 3.65. The molecule has 0 saturated carbocycles. The molecule has 0 aliphatic heterocycles. The quantitative estimate of drug-likeness (QED) is 0.434. The second-order valence-corrected chi connectivity index (χ2v) is 6.52. The average Bonchev–Trinajstić information content (AvgIpc) is 2.56. The fraction of sp³-hybridized carbons (Fsp3) is 0.647. The molecule has 1 aromatic carbocycles. The second kappa shape index (κ2) is 8.38. The zero-order valence-electron chi connectivity index (χ0n) is 15.1. The third kappa shape index (κ3) is 4.84. The fourth-order valence-electron chi connectivity index (χ4n) is 2.22. The SMILES string of the molecule is COC(CC(F)(F)C(F)(F)C(F)(F)C(F)(F)F)c1ccccc1OCC(C)C. The van der Waals surface area contributed by atoms with E-state index in [1.165, 1.54) is 24.3 Å². The Bertz CT molecular complexity index is 642. The zero-order chi connectivity index (χ0) is 22.0. The van der Waals surface area contributed by atoms with Crippen LogP contribution in [-0.4, -0.2) is 37.7 Å². The molecular weight excluding hydrogens is 407 g/mol. The lowest BCUT2D eigenvalue weighted by Crippen LogP contribution is -2.61. The number of halogens is 9. The Balaban J connectivity index is 3.22. The molecule has 0 aliphatic carbocycles. The minimum Gasteiger partial charge on any atom is -0.493 e. The average molecular weight is 426 g/mol. The van der Waals surface area contributed by atoms with E-state index in [9.17, 15) is 39.5 Å². The predicted octanol–water partition coefficient (Wildman–Crippen LogP) is 6.27. The summed E-state index contributed by atoms with van der Waals surface area (Å²) in [4.78, 5) is 0. The smallest absolute Gasteiger partial charge is 0.460 e. The molecule has 0 amide bonds. The molecular formula is C17H19F9O2. The summed E-state index contributed by atoms with van der Waals surface area (Å²) in [7, 11) is 0.833. The molecule has 0 radical (unpaired) electrons. The number of rotatable bonds is 9. The first-order valence-electron chi connectivity index (χ1n) is 8.03. The summed E-state index contributed by atoms with van der Waals surface area (Å²) >= 11 is 0. The van der Waals surface area contributed by atoms with Crippen LogP contribution in [0.3, 0.4) is 0 Å². The lowest BCUT2D eigenvalue weighted by Gasteiger charge is -2.35. The molecule has 2 nitrogen and oxygen atoms in total. The standard InChI is InChI=1S/C17H19F9O2/c1-10(2)9-28-12-7-5-4-6-11(12)13(27-3)8-14(18,19)15(20,21)16(22,23)17(24,25)26/h4-7,10,13H,8-9H2,1-3H3. The summed E-state index contributed by atoms with van der Waals surface area (Å²) in [5.41, 5.74) is -0.184. The maximum atomic E-state index is 13.9. The Morgan fingerprint density at radius 1 is 0.857 bits per heavy atom. The molecule has 11 heteroatoms. The largest absolute Gasteiger partial charge is 0.493 e. The van der Waals surface area contributed by atoms with E-state index in [1.807, 2.05) is 0 Å². The van der Waals surface area contributed by atoms with E-state index in [4.69, 9.17) is 9.47 Å². The third-order valence-corrected chi connectivity index (χ3v) is 3.77. The molecule has 28 heavy (non-hydrogen) atoms. The Kier molecular flexibility index (Phi) is 7.30. The van der Waals surface area contributed by atoms with Gasteiger partial charge in [0.15, 0.2) is 0 Å². The van der Waals surface area contributed by atoms with Crippen molar-refractivity contribution in [2.24, 2.45) is 5.92 Å². The zero-order valence-corrected chi connectivity index (χ0v) is 15.1. The Labute approximate surface area is 155 Å². The Hall–Kier alpha value is -1.65. The minimum absolute atomic E-state index is 0.00491. The van der Waals surface area contributed by atoms with Crippen molar-refractivity contribution in [3.8, 4) is 5.75 Å². The molecule has 0 bridgehead atoms. The van der Waals surface area contributed by atoms with Gasteiger partial charge in [-0.1, -0.05) is 32.0 Å². The van der Waals surface area contributed by atoms with Gasteiger partial charge in [0, 0.05) is 19.1 Å². The van der Waals surface area contributed by atoms with Gasteiger partial charge in [-0.15, -0.1) is 0 Å². The molecule has 0 aliphatic rings. The number of para-hydroxylation sites is 1. The number of alkyl halides is 9. The van der Waals surface area contributed by atoms with Crippen molar-refractivity contribution in [3.63, 3.8) is 0 Å². The molecule has 162 valence electrons. The summed E-state index contributed by atoms with van der Waals surface area (Å²) in [5, 5.41) is 0. The van der Waals surface area contributed by atoms with Gasteiger partial charge in [-0.2, -0.15) is 39.5 Å². The van der Waals surface area contributed by atoms with Gasteiger partial charge in [0.05, 0.1) is 12.7 Å². The van der Waals surface area contributed by atoms with Crippen LogP contribution in [0.25, 0.3) is 0 Å². The first-order valence-corrected chi connectivity index (χ1v) is 8.03. The molecule has 0 spiro atoms. The van der Waals surface area contributed by atoms with Crippen LogP contribution >= 0.6 is 0 Å². The predicted molar refractivity (Wildman–Crippen MR) is 82.0 cm³/mol. The van der Waals surface area contributed by atoms with Crippen LogP contribution in [0.4, 0.5) is 39.5 Å². The summed E-state index contributed by atoms with van der Waals surface area (Å²) in [6, 6.07) is 5.24. The van der Waals surface area contributed by atoms with Crippen LogP contribution < -0.4 is 4.74 Å². The Morgan fingerprint density at radius 2 is 1.39 bits per heavy atom. The normalized spacial score (nSPS) is 15.0.